The largest absolute Gasteiger partial charge is 0.293 e. The number of ketones is 2. The van der Waals surface area contributed by atoms with Crippen LogP contribution in [-0.4, -0.2) is 11.6 Å². The summed E-state index contributed by atoms with van der Waals surface area (Å²) in [6.45, 7) is 0. The van der Waals surface area contributed by atoms with E-state index in [0.717, 1.165) is 14.6 Å². The number of Topliss-reactive ketones (excluding diaryl/α,β-unsaturated/α-hetero) is 2. The Morgan fingerprint density at radius 2 is 1.30 bits per heavy atom. The monoisotopic (exact) mass is 428 g/mol. The Labute approximate surface area is 173 Å². The molecule has 4 rings (SSSR count). The summed E-state index contributed by atoms with van der Waals surface area (Å²) in [7, 11) is 0. The Balaban J connectivity index is 1.59. The number of hydrogen-bond acceptors (Lipinski definition) is 6. The minimum Gasteiger partial charge on any atom is -0.293 e. The van der Waals surface area contributed by atoms with E-state index in [0.29, 0.717) is 12.8 Å². The fourth-order valence-corrected chi connectivity index (χ4v) is 6.21. The van der Waals surface area contributed by atoms with E-state index in [1.165, 1.54) is 32.4 Å². The second-order valence-corrected chi connectivity index (χ2v) is 10.0. The normalized spacial score (nSPS) is 11.1. The first-order valence-corrected chi connectivity index (χ1v) is 11.9. The van der Waals surface area contributed by atoms with Crippen LogP contribution < -0.4 is 0 Å². The van der Waals surface area contributed by atoms with Crippen LogP contribution in [0.5, 0.6) is 0 Å². The zero-order valence-electron chi connectivity index (χ0n) is 14.3. The highest BCUT2D eigenvalue weighted by Crippen LogP contribution is 2.38. The molecule has 0 saturated heterocycles. The highest BCUT2D eigenvalue weighted by molar-refractivity contribution is 7.21. The lowest BCUT2D eigenvalue weighted by Crippen LogP contribution is -2.10. The molecule has 4 heterocycles. The van der Waals surface area contributed by atoms with E-state index >= 15 is 0 Å². The van der Waals surface area contributed by atoms with Crippen molar-refractivity contribution in [2.45, 2.75) is 18.8 Å². The number of carbonyl (C=O) groups is 2. The van der Waals surface area contributed by atoms with Crippen molar-refractivity contribution >= 4 is 56.9 Å². The van der Waals surface area contributed by atoms with Gasteiger partial charge in [0.05, 0.1) is 9.75 Å². The van der Waals surface area contributed by atoms with E-state index in [-0.39, 0.29) is 17.5 Å². The summed E-state index contributed by atoms with van der Waals surface area (Å²) < 4.78 is 0. The molecule has 4 aromatic rings. The molecule has 0 unspecified atom stereocenters. The van der Waals surface area contributed by atoms with Crippen molar-refractivity contribution in [3.63, 3.8) is 0 Å². The average Bonchev–Trinajstić information content (AvgIpc) is 3.48. The first kappa shape index (κ1) is 18.5. The molecule has 0 bridgehead atoms. The highest BCUT2D eigenvalue weighted by atomic mass is 32.1. The van der Waals surface area contributed by atoms with Crippen molar-refractivity contribution in [1.29, 1.82) is 0 Å². The summed E-state index contributed by atoms with van der Waals surface area (Å²) in [5, 5.41) is 5.89. The Morgan fingerprint density at radius 3 is 1.81 bits per heavy atom. The molecule has 0 aromatic carbocycles. The summed E-state index contributed by atoms with van der Waals surface area (Å²) >= 11 is 6.32. The van der Waals surface area contributed by atoms with E-state index in [2.05, 4.69) is 23.6 Å². The van der Waals surface area contributed by atoms with Crippen LogP contribution in [0, 0.1) is 0 Å². The molecule has 0 aliphatic heterocycles. The molecular weight excluding hydrogens is 412 g/mol. The lowest BCUT2D eigenvalue weighted by atomic mass is 9.94. The molecule has 0 fully saturated rings. The average molecular weight is 429 g/mol. The fraction of sp³-hybridized carbons (Fsp3) is 0.143. The third-order valence-corrected chi connectivity index (χ3v) is 8.38. The van der Waals surface area contributed by atoms with E-state index in [9.17, 15) is 9.59 Å². The molecule has 0 atom stereocenters. The van der Waals surface area contributed by atoms with Crippen LogP contribution >= 0.6 is 45.3 Å². The van der Waals surface area contributed by atoms with Gasteiger partial charge in [0.15, 0.2) is 11.6 Å². The summed E-state index contributed by atoms with van der Waals surface area (Å²) in [6.07, 6.45) is 0.726. The summed E-state index contributed by atoms with van der Waals surface area (Å²) in [4.78, 5) is 30.4. The van der Waals surface area contributed by atoms with Crippen LogP contribution in [0.25, 0.3) is 9.75 Å². The Bertz CT molecular complexity index is 960. The predicted molar refractivity (Wildman–Crippen MR) is 117 cm³/mol. The van der Waals surface area contributed by atoms with Crippen LogP contribution in [0.4, 0.5) is 0 Å². The van der Waals surface area contributed by atoms with Gasteiger partial charge in [-0.3, -0.25) is 9.59 Å². The molecular formula is C21H16O2S4. The summed E-state index contributed by atoms with van der Waals surface area (Å²) in [5.74, 6) is 0.132. The van der Waals surface area contributed by atoms with Crippen molar-refractivity contribution in [1.82, 2.24) is 0 Å². The molecule has 27 heavy (non-hydrogen) atoms. The molecule has 0 radical (unpaired) electrons. The number of thiophene rings is 4. The van der Waals surface area contributed by atoms with Gasteiger partial charge in [-0.05, 0) is 46.5 Å². The van der Waals surface area contributed by atoms with Gasteiger partial charge in [-0.25, -0.2) is 0 Å². The van der Waals surface area contributed by atoms with Gasteiger partial charge < -0.3 is 0 Å². The standard InChI is InChI=1S/C21H16O2S4/c22-15(18-4-1-9-24-18)12-14(13-16(23)19-5-2-10-25-19)17-7-8-21(27-17)20-6-3-11-26-20/h1-11,14H,12-13H2. The topological polar surface area (TPSA) is 34.1 Å². The zero-order valence-corrected chi connectivity index (χ0v) is 17.6. The van der Waals surface area contributed by atoms with E-state index < -0.39 is 0 Å². The number of carbonyl (C=O) groups excluding carboxylic acids is 2. The van der Waals surface area contributed by atoms with Gasteiger partial charge >= 0.3 is 0 Å². The third kappa shape index (κ3) is 4.35. The maximum Gasteiger partial charge on any atom is 0.173 e. The Hall–Kier alpha value is -1.86. The highest BCUT2D eigenvalue weighted by Gasteiger charge is 2.24. The molecule has 2 nitrogen and oxygen atoms in total. The minimum atomic E-state index is -0.0899. The van der Waals surface area contributed by atoms with Crippen LogP contribution in [0.3, 0.4) is 0 Å². The van der Waals surface area contributed by atoms with Crippen molar-refractivity contribution in [2.24, 2.45) is 0 Å². The van der Waals surface area contributed by atoms with E-state index in [4.69, 9.17) is 0 Å². The van der Waals surface area contributed by atoms with Crippen molar-refractivity contribution < 1.29 is 9.59 Å². The SMILES string of the molecule is O=C(CC(CC(=O)c1cccs1)c1ccc(-c2cccs2)s1)c1cccs1. The van der Waals surface area contributed by atoms with Gasteiger partial charge in [-0.2, -0.15) is 0 Å². The third-order valence-electron chi connectivity index (χ3n) is 4.25. The smallest absolute Gasteiger partial charge is 0.173 e. The Kier molecular flexibility index (Phi) is 5.78. The quantitative estimate of drug-likeness (QED) is 0.277. The number of hydrogen-bond donors (Lipinski definition) is 0. The van der Waals surface area contributed by atoms with Gasteiger partial charge in [0, 0.05) is 33.4 Å². The van der Waals surface area contributed by atoms with Crippen LogP contribution in [0.2, 0.25) is 0 Å². The first-order valence-electron chi connectivity index (χ1n) is 8.47. The number of rotatable bonds is 8. The second-order valence-electron chi connectivity index (χ2n) is 6.09. The Morgan fingerprint density at radius 1 is 0.704 bits per heavy atom. The predicted octanol–water partition coefficient (Wildman–Crippen LogP) is 7.23. The maximum atomic E-state index is 12.7. The first-order chi connectivity index (χ1) is 13.2. The molecule has 136 valence electrons. The zero-order chi connectivity index (χ0) is 18.6. The summed E-state index contributed by atoms with van der Waals surface area (Å²) in [5.41, 5.74) is 0. The molecule has 0 aliphatic carbocycles. The lowest BCUT2D eigenvalue weighted by Gasteiger charge is -2.13. The molecule has 0 saturated carbocycles. The van der Waals surface area contributed by atoms with Gasteiger partial charge in [-0.1, -0.05) is 18.2 Å². The molecule has 6 heteroatoms. The minimum absolute atomic E-state index is 0.0899. The van der Waals surface area contributed by atoms with Gasteiger partial charge in [0.25, 0.3) is 0 Å². The second kappa shape index (κ2) is 8.44. The van der Waals surface area contributed by atoms with E-state index in [1.807, 2.05) is 41.1 Å². The van der Waals surface area contributed by atoms with Crippen LogP contribution in [0.1, 0.15) is 43.0 Å². The lowest BCUT2D eigenvalue weighted by molar-refractivity contribution is 0.0949. The van der Waals surface area contributed by atoms with Gasteiger partial charge in [0.1, 0.15) is 0 Å². The van der Waals surface area contributed by atoms with Crippen molar-refractivity contribution in [3.8, 4) is 9.75 Å². The van der Waals surface area contributed by atoms with Crippen molar-refractivity contribution in [2.75, 3.05) is 0 Å². The van der Waals surface area contributed by atoms with Gasteiger partial charge in [-0.15, -0.1) is 45.3 Å². The molecule has 0 amide bonds. The van der Waals surface area contributed by atoms with Crippen LogP contribution in [0.15, 0.2) is 64.7 Å². The maximum absolute atomic E-state index is 12.7. The van der Waals surface area contributed by atoms with Crippen LogP contribution in [-0.2, 0) is 0 Å². The summed E-state index contributed by atoms with van der Waals surface area (Å²) in [6, 6.07) is 15.8. The molecule has 4 aromatic heterocycles. The molecule has 0 aliphatic rings. The molecule has 0 spiro atoms. The fourth-order valence-electron chi connectivity index (χ4n) is 2.92. The van der Waals surface area contributed by atoms with Crippen molar-refractivity contribution in [3.05, 3.63) is 79.3 Å². The van der Waals surface area contributed by atoms with E-state index in [1.54, 1.807) is 22.7 Å². The molecule has 0 N–H and O–H groups in total. The van der Waals surface area contributed by atoms with Gasteiger partial charge in [0.2, 0.25) is 0 Å².